The SMILES string of the molecule is C=C(C)[C@@H]1CC=C(C)[C@@](O)(C#C[C@]2(O)CC[C@H]3[C@@H]4CCc5cc(OCc6ccc(CO)cc6)ccc5[C@H]4CC[C@@]32C)C1. The number of aryl methyl sites for hydroxylation is 1. The topological polar surface area (TPSA) is 69.9 Å². The molecular weight excluding hydrogens is 520 g/mol. The van der Waals surface area contributed by atoms with Gasteiger partial charge in [0.15, 0.2) is 0 Å². The van der Waals surface area contributed by atoms with Gasteiger partial charge >= 0.3 is 0 Å². The maximum atomic E-state index is 12.1. The van der Waals surface area contributed by atoms with Crippen LogP contribution in [0.2, 0.25) is 0 Å². The number of aliphatic hydroxyl groups is 3. The first kappa shape index (κ1) is 29.2. The van der Waals surface area contributed by atoms with Gasteiger partial charge < -0.3 is 20.1 Å². The summed E-state index contributed by atoms with van der Waals surface area (Å²) in [6, 6.07) is 14.5. The van der Waals surface area contributed by atoms with E-state index in [0.717, 1.165) is 66.5 Å². The van der Waals surface area contributed by atoms with Crippen LogP contribution in [0.15, 0.2) is 66.3 Å². The molecular formula is C38H46O4. The predicted molar refractivity (Wildman–Crippen MR) is 167 cm³/mol. The lowest BCUT2D eigenvalue weighted by molar-refractivity contribution is -0.0651. The zero-order valence-corrected chi connectivity index (χ0v) is 25.5. The summed E-state index contributed by atoms with van der Waals surface area (Å²) < 4.78 is 6.15. The second-order valence-corrected chi connectivity index (χ2v) is 13.9. The van der Waals surface area contributed by atoms with Gasteiger partial charge in [0.25, 0.3) is 0 Å². The van der Waals surface area contributed by atoms with Crippen LogP contribution in [-0.4, -0.2) is 26.5 Å². The van der Waals surface area contributed by atoms with Crippen molar-refractivity contribution < 1.29 is 20.1 Å². The number of benzene rings is 2. The first-order valence-corrected chi connectivity index (χ1v) is 15.8. The van der Waals surface area contributed by atoms with Crippen LogP contribution in [-0.2, 0) is 19.6 Å². The van der Waals surface area contributed by atoms with Crippen LogP contribution in [0.1, 0.15) is 93.9 Å². The Morgan fingerprint density at radius 2 is 1.79 bits per heavy atom. The Hall–Kier alpha value is -2.84. The normalized spacial score (nSPS) is 35.1. The molecule has 0 aromatic heterocycles. The van der Waals surface area contributed by atoms with E-state index >= 15 is 0 Å². The summed E-state index contributed by atoms with van der Waals surface area (Å²) in [4.78, 5) is 0. The van der Waals surface area contributed by atoms with Crippen molar-refractivity contribution in [2.75, 3.05) is 0 Å². The number of rotatable bonds is 5. The van der Waals surface area contributed by atoms with Crippen LogP contribution >= 0.6 is 0 Å². The van der Waals surface area contributed by atoms with Crippen molar-refractivity contribution in [1.82, 2.24) is 0 Å². The molecule has 2 fully saturated rings. The van der Waals surface area contributed by atoms with Gasteiger partial charge in [0.1, 0.15) is 23.6 Å². The van der Waals surface area contributed by atoms with Crippen molar-refractivity contribution in [3.8, 4) is 17.6 Å². The molecule has 4 aliphatic carbocycles. The average molecular weight is 567 g/mol. The van der Waals surface area contributed by atoms with Crippen molar-refractivity contribution in [3.63, 3.8) is 0 Å². The molecule has 0 bridgehead atoms. The van der Waals surface area contributed by atoms with Crippen molar-refractivity contribution in [1.29, 1.82) is 0 Å². The van der Waals surface area contributed by atoms with Crippen LogP contribution in [0, 0.1) is 35.0 Å². The number of fused-ring (bicyclic) bond motifs is 5. The molecule has 0 unspecified atom stereocenters. The Morgan fingerprint density at radius 3 is 2.52 bits per heavy atom. The van der Waals surface area contributed by atoms with Gasteiger partial charge in [0.05, 0.1) is 6.61 Å². The number of allylic oxidation sites excluding steroid dienone is 2. The molecule has 2 aromatic carbocycles. The van der Waals surface area contributed by atoms with Crippen LogP contribution in [0.5, 0.6) is 5.75 Å². The molecule has 0 spiro atoms. The van der Waals surface area contributed by atoms with Gasteiger partial charge in [-0.1, -0.05) is 67.3 Å². The van der Waals surface area contributed by atoms with E-state index in [1.165, 1.54) is 11.1 Å². The Morgan fingerprint density at radius 1 is 1.02 bits per heavy atom. The van der Waals surface area contributed by atoms with Gasteiger partial charge in [0, 0.05) is 5.41 Å². The van der Waals surface area contributed by atoms with Gasteiger partial charge in [-0.3, -0.25) is 0 Å². The lowest BCUT2D eigenvalue weighted by Gasteiger charge is -2.52. The summed E-state index contributed by atoms with van der Waals surface area (Å²) in [5, 5.41) is 32.9. The highest BCUT2D eigenvalue weighted by atomic mass is 16.5. The number of hydrogen-bond acceptors (Lipinski definition) is 4. The number of hydrogen-bond donors (Lipinski definition) is 3. The summed E-state index contributed by atoms with van der Waals surface area (Å²) in [5.41, 5.74) is 4.27. The molecule has 0 aliphatic heterocycles. The molecule has 4 heteroatoms. The fraction of sp³-hybridized carbons (Fsp3) is 0.526. The highest BCUT2D eigenvalue weighted by Crippen LogP contribution is 2.64. The van der Waals surface area contributed by atoms with E-state index in [-0.39, 0.29) is 17.9 Å². The summed E-state index contributed by atoms with van der Waals surface area (Å²) in [5.74, 6) is 9.12. The molecule has 2 aromatic rings. The second kappa shape index (κ2) is 11.0. The van der Waals surface area contributed by atoms with Crippen molar-refractivity contribution in [3.05, 3.63) is 88.5 Å². The average Bonchev–Trinajstić information content (AvgIpc) is 3.27. The van der Waals surface area contributed by atoms with E-state index in [1.807, 2.05) is 38.1 Å². The lowest BCUT2D eigenvalue weighted by atomic mass is 9.53. The minimum atomic E-state index is -1.20. The maximum Gasteiger partial charge on any atom is 0.147 e. The first-order chi connectivity index (χ1) is 20.0. The molecule has 7 atom stereocenters. The third-order valence-corrected chi connectivity index (χ3v) is 11.5. The van der Waals surface area contributed by atoms with E-state index in [4.69, 9.17) is 4.74 Å². The van der Waals surface area contributed by atoms with Gasteiger partial charge in [-0.2, -0.15) is 0 Å². The van der Waals surface area contributed by atoms with Gasteiger partial charge in [-0.15, -0.1) is 0 Å². The monoisotopic (exact) mass is 566 g/mol. The first-order valence-electron chi connectivity index (χ1n) is 15.8. The number of ether oxygens (including phenoxy) is 1. The molecule has 0 amide bonds. The van der Waals surface area contributed by atoms with Gasteiger partial charge in [-0.05, 0) is 129 Å². The molecule has 4 nitrogen and oxygen atoms in total. The molecule has 3 N–H and O–H groups in total. The fourth-order valence-corrected chi connectivity index (χ4v) is 8.60. The van der Waals surface area contributed by atoms with Crippen LogP contribution in [0.3, 0.4) is 0 Å². The second-order valence-electron chi connectivity index (χ2n) is 13.9. The summed E-state index contributed by atoms with van der Waals surface area (Å²) in [7, 11) is 0. The zero-order chi connectivity index (χ0) is 29.7. The standard InChI is InChI=1S/C38H46O4/c1-25(2)30-10-5-26(3)37(40,22-30)19-20-38(41)18-16-35-34-13-11-29-21-31(42-24-28-8-6-27(23-39)7-9-28)12-14-32(29)33(34)15-17-36(35,38)4/h5-9,12,14,21,30,33-35,39-41H,1,10-11,13,15-18,22-24H2,2-4H3/t30-,33-,34-,35+,36+,37-,38-/m1/s1. The summed E-state index contributed by atoms with van der Waals surface area (Å²) >= 11 is 0. The maximum absolute atomic E-state index is 12.1. The Bertz CT molecular complexity index is 1440. The van der Waals surface area contributed by atoms with E-state index in [2.05, 4.69) is 49.6 Å². The van der Waals surface area contributed by atoms with Gasteiger partial charge in [0.2, 0.25) is 0 Å². The molecule has 2 saturated carbocycles. The third-order valence-electron chi connectivity index (χ3n) is 11.5. The molecule has 42 heavy (non-hydrogen) atoms. The largest absolute Gasteiger partial charge is 0.489 e. The van der Waals surface area contributed by atoms with E-state index < -0.39 is 11.2 Å². The van der Waals surface area contributed by atoms with Crippen LogP contribution in [0.4, 0.5) is 0 Å². The van der Waals surface area contributed by atoms with E-state index in [0.29, 0.717) is 37.2 Å². The molecule has 0 saturated heterocycles. The van der Waals surface area contributed by atoms with Gasteiger partial charge in [-0.25, -0.2) is 0 Å². The van der Waals surface area contributed by atoms with E-state index in [9.17, 15) is 15.3 Å². The van der Waals surface area contributed by atoms with Crippen molar-refractivity contribution in [2.24, 2.45) is 23.2 Å². The summed E-state index contributed by atoms with van der Waals surface area (Å²) in [6.07, 6.45) is 9.34. The summed E-state index contributed by atoms with van der Waals surface area (Å²) in [6.45, 7) is 10.9. The smallest absolute Gasteiger partial charge is 0.147 e. The van der Waals surface area contributed by atoms with Crippen LogP contribution in [0.25, 0.3) is 0 Å². The lowest BCUT2D eigenvalue weighted by Crippen LogP contribution is -2.50. The minimum absolute atomic E-state index is 0.0533. The molecule has 4 aliphatic rings. The van der Waals surface area contributed by atoms with Crippen LogP contribution < -0.4 is 4.74 Å². The predicted octanol–water partition coefficient (Wildman–Crippen LogP) is 7.01. The zero-order valence-electron chi connectivity index (χ0n) is 25.5. The Kier molecular flexibility index (Phi) is 7.67. The molecule has 0 radical (unpaired) electrons. The molecule has 6 rings (SSSR count). The quantitative estimate of drug-likeness (QED) is 0.269. The van der Waals surface area contributed by atoms with Crippen molar-refractivity contribution in [2.45, 2.75) is 102 Å². The Labute approximate surface area is 251 Å². The Balaban J connectivity index is 1.17. The minimum Gasteiger partial charge on any atom is -0.489 e. The fourth-order valence-electron chi connectivity index (χ4n) is 8.60. The van der Waals surface area contributed by atoms with E-state index in [1.54, 1.807) is 0 Å². The van der Waals surface area contributed by atoms with Crippen molar-refractivity contribution >= 4 is 0 Å². The third kappa shape index (κ3) is 5.04. The number of aliphatic hydroxyl groups excluding tert-OH is 1. The highest BCUT2D eigenvalue weighted by molar-refractivity contribution is 5.42. The molecule has 222 valence electrons. The molecule has 0 heterocycles. The highest BCUT2D eigenvalue weighted by Gasteiger charge is 2.61.